The number of piperidine rings is 1. The Morgan fingerprint density at radius 2 is 2.10 bits per heavy atom. The predicted octanol–water partition coefficient (Wildman–Crippen LogP) is 3.59. The molecule has 1 saturated carbocycles. The Balaban J connectivity index is 1.86. The summed E-state index contributed by atoms with van der Waals surface area (Å²) in [7, 11) is -3.49. The van der Waals surface area contributed by atoms with Crippen LogP contribution in [-0.4, -0.2) is 36.5 Å². The number of sulfonamides is 1. The first-order valence-corrected chi connectivity index (χ1v) is 10.8. The molecule has 0 radical (unpaired) electrons. The van der Waals surface area contributed by atoms with Crippen LogP contribution >= 0.6 is 43.2 Å². The average Bonchev–Trinajstić information content (AvgIpc) is 2.77. The lowest BCUT2D eigenvalue weighted by atomic mass is 9.72. The van der Waals surface area contributed by atoms with Crippen molar-refractivity contribution in [3.8, 4) is 0 Å². The smallest absolute Gasteiger partial charge is 0.245 e. The molecular formula is C13H17Br2NO3S2. The van der Waals surface area contributed by atoms with Gasteiger partial charge in [0.1, 0.15) is 4.90 Å². The van der Waals surface area contributed by atoms with Gasteiger partial charge >= 0.3 is 0 Å². The highest BCUT2D eigenvalue weighted by molar-refractivity contribution is 9.12. The third-order valence-corrected chi connectivity index (χ3v) is 9.25. The van der Waals surface area contributed by atoms with Crippen LogP contribution in [0.1, 0.15) is 32.1 Å². The highest BCUT2D eigenvalue weighted by Crippen LogP contribution is 2.42. The highest BCUT2D eigenvalue weighted by Gasteiger charge is 2.45. The lowest BCUT2D eigenvalue weighted by molar-refractivity contribution is -0.0816. The maximum atomic E-state index is 12.8. The van der Waals surface area contributed by atoms with Crippen LogP contribution in [0.3, 0.4) is 0 Å². The van der Waals surface area contributed by atoms with E-state index in [-0.39, 0.29) is 5.92 Å². The fourth-order valence-electron chi connectivity index (χ4n) is 3.40. The van der Waals surface area contributed by atoms with Crippen LogP contribution in [0.15, 0.2) is 18.5 Å². The van der Waals surface area contributed by atoms with E-state index in [4.69, 9.17) is 0 Å². The van der Waals surface area contributed by atoms with Gasteiger partial charge in [-0.25, -0.2) is 8.42 Å². The lowest BCUT2D eigenvalue weighted by Crippen LogP contribution is -2.54. The molecule has 0 spiro atoms. The van der Waals surface area contributed by atoms with E-state index >= 15 is 0 Å². The monoisotopic (exact) mass is 457 g/mol. The van der Waals surface area contributed by atoms with Crippen molar-refractivity contribution in [1.29, 1.82) is 0 Å². The molecule has 2 atom stereocenters. The molecule has 2 heterocycles. The molecule has 0 aromatic carbocycles. The molecule has 118 valence electrons. The summed E-state index contributed by atoms with van der Waals surface area (Å²) in [6.45, 7) is 0.827. The van der Waals surface area contributed by atoms with Gasteiger partial charge in [-0.2, -0.15) is 4.31 Å². The summed E-state index contributed by atoms with van der Waals surface area (Å²) < 4.78 is 28.6. The summed E-state index contributed by atoms with van der Waals surface area (Å²) >= 11 is 8.02. The SMILES string of the molecule is O=S(=O)(c1cc(Br)sc1Br)N1CCC2(O)CCCCC2C1. The van der Waals surface area contributed by atoms with Crippen molar-refractivity contribution in [2.75, 3.05) is 13.1 Å². The second kappa shape index (κ2) is 5.87. The predicted molar refractivity (Wildman–Crippen MR) is 90.0 cm³/mol. The first kappa shape index (κ1) is 16.4. The van der Waals surface area contributed by atoms with E-state index in [0.717, 1.165) is 29.5 Å². The van der Waals surface area contributed by atoms with Crippen molar-refractivity contribution in [3.05, 3.63) is 13.6 Å². The molecule has 1 aromatic rings. The van der Waals surface area contributed by atoms with Crippen molar-refractivity contribution >= 4 is 53.2 Å². The van der Waals surface area contributed by atoms with Crippen LogP contribution in [-0.2, 0) is 10.0 Å². The molecule has 1 saturated heterocycles. The van der Waals surface area contributed by atoms with Crippen LogP contribution in [0.5, 0.6) is 0 Å². The van der Waals surface area contributed by atoms with Crippen molar-refractivity contribution < 1.29 is 13.5 Å². The van der Waals surface area contributed by atoms with Gasteiger partial charge in [0.25, 0.3) is 0 Å². The van der Waals surface area contributed by atoms with Crippen LogP contribution in [0, 0.1) is 5.92 Å². The van der Waals surface area contributed by atoms with Gasteiger partial charge in [-0.05, 0) is 57.2 Å². The molecule has 0 amide bonds. The number of halogens is 2. The molecule has 1 aromatic heterocycles. The van der Waals surface area contributed by atoms with E-state index in [1.54, 1.807) is 6.07 Å². The van der Waals surface area contributed by atoms with E-state index in [0.29, 0.717) is 28.2 Å². The van der Waals surface area contributed by atoms with Gasteiger partial charge in [0.2, 0.25) is 10.0 Å². The quantitative estimate of drug-likeness (QED) is 0.736. The normalized spacial score (nSPS) is 31.1. The minimum absolute atomic E-state index is 0.0654. The zero-order valence-electron chi connectivity index (χ0n) is 11.4. The highest BCUT2D eigenvalue weighted by atomic mass is 79.9. The van der Waals surface area contributed by atoms with Gasteiger partial charge in [0.15, 0.2) is 0 Å². The summed E-state index contributed by atoms with van der Waals surface area (Å²) in [5.74, 6) is 0.0654. The Morgan fingerprint density at radius 3 is 2.76 bits per heavy atom. The molecule has 3 rings (SSSR count). The largest absolute Gasteiger partial charge is 0.390 e. The number of aliphatic hydroxyl groups is 1. The Kier molecular flexibility index (Phi) is 4.58. The summed E-state index contributed by atoms with van der Waals surface area (Å²) in [6.07, 6.45) is 4.38. The Hall–Kier alpha value is 0.530. The first-order chi connectivity index (χ1) is 9.83. The van der Waals surface area contributed by atoms with Crippen molar-refractivity contribution in [1.82, 2.24) is 4.31 Å². The van der Waals surface area contributed by atoms with E-state index < -0.39 is 15.6 Å². The molecule has 21 heavy (non-hydrogen) atoms. The molecule has 8 heteroatoms. The number of hydrogen-bond acceptors (Lipinski definition) is 4. The average molecular weight is 459 g/mol. The van der Waals surface area contributed by atoms with Gasteiger partial charge in [-0.3, -0.25) is 0 Å². The summed E-state index contributed by atoms with van der Waals surface area (Å²) in [5.41, 5.74) is -0.656. The van der Waals surface area contributed by atoms with E-state index in [1.807, 2.05) is 0 Å². The lowest BCUT2D eigenvalue weighted by Gasteiger charge is -2.46. The number of rotatable bonds is 2. The Bertz CT molecular complexity index is 646. The molecule has 0 bridgehead atoms. The molecular weight excluding hydrogens is 442 g/mol. The second-order valence-electron chi connectivity index (χ2n) is 5.85. The summed E-state index contributed by atoms with van der Waals surface area (Å²) in [5, 5.41) is 10.7. The van der Waals surface area contributed by atoms with Crippen molar-refractivity contribution in [3.63, 3.8) is 0 Å². The first-order valence-electron chi connectivity index (χ1n) is 7.00. The zero-order valence-corrected chi connectivity index (χ0v) is 16.2. The maximum Gasteiger partial charge on any atom is 0.245 e. The number of nitrogens with zero attached hydrogens (tertiary/aromatic N) is 1. The van der Waals surface area contributed by atoms with E-state index in [2.05, 4.69) is 31.9 Å². The molecule has 2 unspecified atom stereocenters. The second-order valence-corrected chi connectivity index (χ2v) is 11.5. The molecule has 2 fully saturated rings. The molecule has 1 aliphatic carbocycles. The minimum Gasteiger partial charge on any atom is -0.390 e. The maximum absolute atomic E-state index is 12.8. The summed E-state index contributed by atoms with van der Waals surface area (Å²) in [6, 6.07) is 1.64. The van der Waals surface area contributed by atoms with Gasteiger partial charge in [0, 0.05) is 19.0 Å². The summed E-state index contributed by atoms with van der Waals surface area (Å²) in [4.78, 5) is 0.320. The van der Waals surface area contributed by atoms with Crippen LogP contribution in [0.2, 0.25) is 0 Å². The molecule has 1 aliphatic heterocycles. The Labute approximate surface area is 145 Å². The topological polar surface area (TPSA) is 57.6 Å². The fourth-order valence-corrected chi connectivity index (χ4v) is 8.65. The molecule has 1 N–H and O–H groups in total. The zero-order chi connectivity index (χ0) is 15.3. The molecule has 2 aliphatic rings. The van der Waals surface area contributed by atoms with Crippen LogP contribution in [0.4, 0.5) is 0 Å². The third kappa shape index (κ3) is 2.99. The van der Waals surface area contributed by atoms with Gasteiger partial charge in [0.05, 0.1) is 13.2 Å². The van der Waals surface area contributed by atoms with Gasteiger partial charge in [-0.15, -0.1) is 11.3 Å². The van der Waals surface area contributed by atoms with Crippen molar-refractivity contribution in [2.24, 2.45) is 5.92 Å². The standard InChI is InChI=1S/C13H17Br2NO3S2/c14-11-7-10(12(15)20-11)21(18,19)16-6-5-13(17)4-2-1-3-9(13)8-16/h7,9,17H,1-6,8H2. The number of thiophene rings is 1. The third-order valence-electron chi connectivity index (χ3n) is 4.63. The van der Waals surface area contributed by atoms with E-state index in [1.165, 1.54) is 15.6 Å². The minimum atomic E-state index is -3.49. The fraction of sp³-hybridized carbons (Fsp3) is 0.692. The van der Waals surface area contributed by atoms with Gasteiger partial charge < -0.3 is 5.11 Å². The van der Waals surface area contributed by atoms with Crippen LogP contribution < -0.4 is 0 Å². The Morgan fingerprint density at radius 1 is 1.33 bits per heavy atom. The molecule has 4 nitrogen and oxygen atoms in total. The van der Waals surface area contributed by atoms with E-state index in [9.17, 15) is 13.5 Å². The van der Waals surface area contributed by atoms with Gasteiger partial charge in [-0.1, -0.05) is 12.8 Å². The number of fused-ring (bicyclic) bond motifs is 1. The van der Waals surface area contributed by atoms with Crippen molar-refractivity contribution in [2.45, 2.75) is 42.6 Å². The van der Waals surface area contributed by atoms with Crippen LogP contribution in [0.25, 0.3) is 0 Å². The number of hydrogen-bond donors (Lipinski definition) is 1.